The highest BCUT2D eigenvalue weighted by atomic mass is 19.4. The minimum absolute atomic E-state index is 0.0460. The van der Waals surface area contributed by atoms with Crippen LogP contribution in [0.25, 0.3) is 10.9 Å². The highest BCUT2D eigenvalue weighted by Crippen LogP contribution is 2.29. The first-order valence-corrected chi connectivity index (χ1v) is 10.2. The Bertz CT molecular complexity index is 1050. The molecule has 0 saturated carbocycles. The molecule has 1 aliphatic heterocycles. The van der Waals surface area contributed by atoms with Crippen LogP contribution in [0.4, 0.5) is 18.9 Å². The molecule has 2 heterocycles. The Morgan fingerprint density at radius 3 is 2.19 bits per heavy atom. The number of amides is 1. The smallest absolute Gasteiger partial charge is 0.459 e. The number of nitrogens with zero attached hydrogens (tertiary/aromatic N) is 3. The van der Waals surface area contributed by atoms with Gasteiger partial charge in [0.1, 0.15) is 12.1 Å². The lowest BCUT2D eigenvalue weighted by Gasteiger charge is -2.36. The molecule has 7 nitrogen and oxygen atoms in total. The first-order valence-electron chi connectivity index (χ1n) is 10.2. The number of aromatic nitrogens is 1. The Balaban J connectivity index is 1.83. The van der Waals surface area contributed by atoms with Crippen LogP contribution in [0.1, 0.15) is 38.1 Å². The lowest BCUT2D eigenvalue weighted by molar-refractivity contribution is -0.185. The van der Waals surface area contributed by atoms with Gasteiger partial charge in [-0.1, -0.05) is 0 Å². The Hall–Kier alpha value is -3.04. The summed E-state index contributed by atoms with van der Waals surface area (Å²) in [6, 6.07) is 5.35. The van der Waals surface area contributed by atoms with E-state index >= 15 is 0 Å². The average Bonchev–Trinajstić information content (AvgIpc) is 3.03. The lowest BCUT2D eigenvalue weighted by atomic mass is 10.1. The van der Waals surface area contributed by atoms with Gasteiger partial charge in [-0.05, 0) is 45.9 Å². The van der Waals surface area contributed by atoms with E-state index in [4.69, 9.17) is 4.74 Å². The number of rotatable bonds is 4. The molecule has 0 unspecified atom stereocenters. The Labute approximate surface area is 183 Å². The average molecular weight is 453 g/mol. The molecule has 0 spiro atoms. The van der Waals surface area contributed by atoms with Gasteiger partial charge >= 0.3 is 18.1 Å². The van der Waals surface area contributed by atoms with Gasteiger partial charge in [-0.15, -0.1) is 0 Å². The minimum Gasteiger partial charge on any atom is -0.459 e. The topological polar surface area (TPSA) is 71.8 Å². The largest absolute Gasteiger partial charge is 0.471 e. The molecule has 32 heavy (non-hydrogen) atoms. The molecule has 1 aromatic carbocycles. The van der Waals surface area contributed by atoms with Crippen molar-refractivity contribution >= 4 is 34.3 Å². The standard InChI is InChI=1S/C22H26F3N3O4/c1-14(29)17-12-28(13-19(30)32-21(2,3)4)18-6-5-15(11-16(17)18)26-7-9-27(10-8-26)20(31)22(23,24)25/h5-6,11-12H,7-10,13H2,1-4H3. The first-order chi connectivity index (χ1) is 14.8. The monoisotopic (exact) mass is 453 g/mol. The van der Waals surface area contributed by atoms with E-state index in [-0.39, 0.29) is 38.5 Å². The number of anilines is 1. The summed E-state index contributed by atoms with van der Waals surface area (Å²) in [5.74, 6) is -2.43. The number of alkyl halides is 3. The second kappa shape index (κ2) is 8.48. The number of hydrogen-bond donors (Lipinski definition) is 0. The van der Waals surface area contributed by atoms with Crippen LogP contribution in [0.15, 0.2) is 24.4 Å². The predicted molar refractivity (Wildman–Crippen MR) is 113 cm³/mol. The van der Waals surface area contributed by atoms with Crippen molar-refractivity contribution in [1.82, 2.24) is 9.47 Å². The molecule has 0 N–H and O–H groups in total. The number of Topliss-reactive ketones (excluding diaryl/α,β-unsaturated/α-hetero) is 1. The number of carbonyl (C=O) groups excluding carboxylic acids is 3. The summed E-state index contributed by atoms with van der Waals surface area (Å²) in [4.78, 5) is 38.6. The molecule has 0 radical (unpaired) electrons. The van der Waals surface area contributed by atoms with Crippen molar-refractivity contribution in [2.24, 2.45) is 0 Å². The summed E-state index contributed by atoms with van der Waals surface area (Å²) in [5.41, 5.74) is 1.22. The van der Waals surface area contributed by atoms with Crippen molar-refractivity contribution < 1.29 is 32.3 Å². The Morgan fingerprint density at radius 1 is 1.03 bits per heavy atom. The predicted octanol–water partition coefficient (Wildman–Crippen LogP) is 3.40. The number of ether oxygens (including phenoxy) is 1. The third-order valence-corrected chi connectivity index (χ3v) is 5.14. The molecule has 3 rings (SSSR count). The van der Waals surface area contributed by atoms with Gasteiger partial charge in [-0.2, -0.15) is 13.2 Å². The highest BCUT2D eigenvalue weighted by molar-refractivity contribution is 6.08. The van der Waals surface area contributed by atoms with Gasteiger partial charge in [-0.25, -0.2) is 0 Å². The zero-order valence-corrected chi connectivity index (χ0v) is 18.5. The molecule has 0 bridgehead atoms. The summed E-state index contributed by atoms with van der Waals surface area (Å²) in [5, 5.41) is 0.646. The lowest BCUT2D eigenvalue weighted by Crippen LogP contribution is -2.52. The van der Waals surface area contributed by atoms with Gasteiger partial charge in [0.25, 0.3) is 0 Å². The van der Waals surface area contributed by atoms with Gasteiger partial charge in [0.15, 0.2) is 5.78 Å². The van der Waals surface area contributed by atoms with Crippen LogP contribution >= 0.6 is 0 Å². The van der Waals surface area contributed by atoms with Crippen LogP contribution in [0.3, 0.4) is 0 Å². The fourth-order valence-corrected chi connectivity index (χ4v) is 3.75. The van der Waals surface area contributed by atoms with Crippen molar-refractivity contribution in [3.63, 3.8) is 0 Å². The summed E-state index contributed by atoms with van der Waals surface area (Å²) in [6.07, 6.45) is -3.27. The van der Waals surface area contributed by atoms with Crippen LogP contribution in [-0.4, -0.2) is 65.1 Å². The summed E-state index contributed by atoms with van der Waals surface area (Å²) in [7, 11) is 0. The van der Waals surface area contributed by atoms with Crippen molar-refractivity contribution in [2.45, 2.75) is 46.0 Å². The number of esters is 1. The van der Waals surface area contributed by atoms with Gasteiger partial charge in [-0.3, -0.25) is 14.4 Å². The maximum Gasteiger partial charge on any atom is 0.471 e. The van der Waals surface area contributed by atoms with Gasteiger partial charge in [0, 0.05) is 54.5 Å². The van der Waals surface area contributed by atoms with Gasteiger partial charge in [0.05, 0.1) is 0 Å². The molecule has 10 heteroatoms. The second-order valence-electron chi connectivity index (χ2n) is 8.79. The quantitative estimate of drug-likeness (QED) is 0.524. The SMILES string of the molecule is CC(=O)c1cn(CC(=O)OC(C)(C)C)c2ccc(N3CCN(C(=O)C(F)(F)F)CC3)cc12. The van der Waals surface area contributed by atoms with Crippen molar-refractivity contribution in [2.75, 3.05) is 31.1 Å². The van der Waals surface area contributed by atoms with Crippen molar-refractivity contribution in [3.8, 4) is 0 Å². The van der Waals surface area contributed by atoms with Crippen LogP contribution in [0, 0.1) is 0 Å². The Morgan fingerprint density at radius 2 is 1.66 bits per heavy atom. The van der Waals surface area contributed by atoms with E-state index in [0.717, 1.165) is 10.6 Å². The zero-order valence-electron chi connectivity index (χ0n) is 18.5. The number of fused-ring (bicyclic) bond motifs is 1. The third kappa shape index (κ3) is 5.23. The number of carbonyl (C=O) groups is 3. The van der Waals surface area contributed by atoms with E-state index in [1.165, 1.54) is 6.92 Å². The fraction of sp³-hybridized carbons (Fsp3) is 0.500. The second-order valence-corrected chi connectivity index (χ2v) is 8.79. The molecule has 2 aromatic rings. The molecule has 1 aromatic heterocycles. The van der Waals surface area contributed by atoms with E-state index in [1.54, 1.807) is 49.7 Å². The first kappa shape index (κ1) is 23.6. The van der Waals surface area contributed by atoms with Gasteiger partial charge < -0.3 is 19.1 Å². The number of hydrogen-bond acceptors (Lipinski definition) is 5. The van der Waals surface area contributed by atoms with Crippen LogP contribution in [0.2, 0.25) is 0 Å². The molecule has 0 aliphatic carbocycles. The maximum atomic E-state index is 12.7. The Kier molecular flexibility index (Phi) is 6.26. The normalized spacial score (nSPS) is 15.2. The number of halogens is 3. The molecule has 1 amide bonds. The molecular weight excluding hydrogens is 427 g/mol. The molecule has 0 atom stereocenters. The highest BCUT2D eigenvalue weighted by Gasteiger charge is 2.43. The number of benzene rings is 1. The molecule has 1 fully saturated rings. The van der Waals surface area contributed by atoms with E-state index in [1.807, 2.05) is 4.90 Å². The number of piperazine rings is 1. The number of ketones is 1. The van der Waals surface area contributed by atoms with Crippen molar-refractivity contribution in [1.29, 1.82) is 0 Å². The molecular formula is C22H26F3N3O4. The molecule has 1 aliphatic rings. The third-order valence-electron chi connectivity index (χ3n) is 5.14. The van der Waals surface area contributed by atoms with E-state index in [0.29, 0.717) is 16.5 Å². The summed E-state index contributed by atoms with van der Waals surface area (Å²) in [6.45, 7) is 7.07. The minimum atomic E-state index is -4.88. The van der Waals surface area contributed by atoms with Crippen LogP contribution < -0.4 is 4.90 Å². The summed E-state index contributed by atoms with van der Waals surface area (Å²) < 4.78 is 45.0. The van der Waals surface area contributed by atoms with E-state index < -0.39 is 23.7 Å². The zero-order chi connectivity index (χ0) is 23.8. The maximum absolute atomic E-state index is 12.7. The van der Waals surface area contributed by atoms with Crippen LogP contribution in [0.5, 0.6) is 0 Å². The van der Waals surface area contributed by atoms with E-state index in [9.17, 15) is 27.6 Å². The van der Waals surface area contributed by atoms with Crippen molar-refractivity contribution in [3.05, 3.63) is 30.0 Å². The van der Waals surface area contributed by atoms with Crippen LogP contribution in [-0.2, 0) is 20.9 Å². The van der Waals surface area contributed by atoms with E-state index in [2.05, 4.69) is 0 Å². The fourth-order valence-electron chi connectivity index (χ4n) is 3.75. The van der Waals surface area contributed by atoms with Gasteiger partial charge in [0.2, 0.25) is 0 Å². The molecule has 174 valence electrons. The molecule has 1 saturated heterocycles. The summed E-state index contributed by atoms with van der Waals surface area (Å²) >= 11 is 0.